The van der Waals surface area contributed by atoms with Crippen LogP contribution in [0.25, 0.3) is 11.3 Å². The Balaban J connectivity index is 2.51. The molecule has 23 heavy (non-hydrogen) atoms. The van der Waals surface area contributed by atoms with Crippen LogP contribution in [0.1, 0.15) is 58.1 Å². The van der Waals surface area contributed by atoms with Crippen LogP contribution in [0.4, 0.5) is 0 Å². The number of halogens is 1. The van der Waals surface area contributed by atoms with Gasteiger partial charge in [0.2, 0.25) is 0 Å². The Morgan fingerprint density at radius 2 is 1.87 bits per heavy atom. The molecule has 0 saturated carbocycles. The third kappa shape index (κ3) is 3.26. The molecule has 0 spiro atoms. The fraction of sp³-hybridized carbons (Fsp3) is 0.429. The fourth-order valence-electron chi connectivity index (χ4n) is 3.65. The highest BCUT2D eigenvalue weighted by molar-refractivity contribution is 6.26. The fourth-order valence-corrected chi connectivity index (χ4v) is 4.04. The Morgan fingerprint density at radius 3 is 2.35 bits per heavy atom. The molecule has 1 atom stereocenters. The predicted molar refractivity (Wildman–Crippen MR) is 103 cm³/mol. The van der Waals surface area contributed by atoms with E-state index < -0.39 is 0 Å². The number of nitrogens with two attached hydrogens (primary N) is 1. The molecule has 2 heteroatoms. The molecule has 0 aliphatic heterocycles. The normalized spacial score (nSPS) is 25.3. The first-order chi connectivity index (χ1) is 10.8. The van der Waals surface area contributed by atoms with Gasteiger partial charge in [0.25, 0.3) is 0 Å². The zero-order valence-electron chi connectivity index (χ0n) is 14.7. The van der Waals surface area contributed by atoms with E-state index in [4.69, 9.17) is 17.3 Å². The molecule has 0 amide bonds. The molecule has 0 bridgehead atoms. The maximum atomic E-state index is 6.97. The molecular weight excluding hydrogens is 302 g/mol. The van der Waals surface area contributed by atoms with Crippen molar-refractivity contribution in [2.24, 2.45) is 11.1 Å². The molecule has 1 aromatic carbocycles. The first kappa shape index (κ1) is 17.9. The monoisotopic (exact) mass is 329 g/mol. The van der Waals surface area contributed by atoms with Gasteiger partial charge in [-0.05, 0) is 41.5 Å². The minimum Gasteiger partial charge on any atom is -0.399 e. The first-order valence-corrected chi connectivity index (χ1v) is 8.80. The third-order valence-corrected chi connectivity index (χ3v) is 5.62. The summed E-state index contributed by atoms with van der Waals surface area (Å²) in [6.45, 7) is 12.7. The van der Waals surface area contributed by atoms with Crippen LogP contribution >= 0.6 is 11.6 Å². The second-order valence-electron chi connectivity index (χ2n) is 6.89. The molecule has 0 heterocycles. The van der Waals surface area contributed by atoms with Crippen LogP contribution in [0.15, 0.2) is 48.6 Å². The van der Waals surface area contributed by atoms with Gasteiger partial charge in [-0.25, -0.2) is 0 Å². The van der Waals surface area contributed by atoms with Crippen LogP contribution in [0.3, 0.4) is 0 Å². The number of allylic oxidation sites excluding steroid dienone is 4. The molecule has 124 valence electrons. The highest BCUT2D eigenvalue weighted by atomic mass is 35.5. The molecule has 1 aromatic rings. The van der Waals surface area contributed by atoms with Gasteiger partial charge >= 0.3 is 0 Å². The molecule has 2 N–H and O–H groups in total. The average Bonchev–Trinajstić information content (AvgIpc) is 2.51. The van der Waals surface area contributed by atoms with Crippen molar-refractivity contribution in [2.45, 2.75) is 51.8 Å². The van der Waals surface area contributed by atoms with Gasteiger partial charge in [0.05, 0.1) is 4.87 Å². The molecule has 1 aliphatic rings. The van der Waals surface area contributed by atoms with Crippen LogP contribution in [0.5, 0.6) is 0 Å². The van der Waals surface area contributed by atoms with E-state index in [0.29, 0.717) is 5.70 Å². The summed E-state index contributed by atoms with van der Waals surface area (Å²) in [6.07, 6.45) is 7.46. The summed E-state index contributed by atoms with van der Waals surface area (Å²) in [5.74, 6) is 0. The van der Waals surface area contributed by atoms with Gasteiger partial charge in [0.15, 0.2) is 0 Å². The van der Waals surface area contributed by atoms with Gasteiger partial charge in [-0.2, -0.15) is 0 Å². The van der Waals surface area contributed by atoms with E-state index in [1.54, 1.807) is 0 Å². The molecule has 1 nitrogen and oxygen atoms in total. The predicted octanol–water partition coefficient (Wildman–Crippen LogP) is 6.15. The summed E-state index contributed by atoms with van der Waals surface area (Å²) in [6, 6.07) is 8.36. The van der Waals surface area contributed by atoms with Crippen molar-refractivity contribution in [3.8, 4) is 0 Å². The number of alkyl halides is 1. The quantitative estimate of drug-likeness (QED) is 0.520. The van der Waals surface area contributed by atoms with E-state index in [0.717, 1.165) is 24.8 Å². The van der Waals surface area contributed by atoms with Crippen LogP contribution in [0, 0.1) is 5.41 Å². The lowest BCUT2D eigenvalue weighted by atomic mass is 9.64. The van der Waals surface area contributed by atoms with E-state index in [1.165, 1.54) is 16.7 Å². The van der Waals surface area contributed by atoms with Crippen LogP contribution < -0.4 is 5.73 Å². The summed E-state index contributed by atoms with van der Waals surface area (Å²) < 4.78 is 0. The molecule has 0 saturated heterocycles. The zero-order valence-corrected chi connectivity index (χ0v) is 15.5. The largest absolute Gasteiger partial charge is 0.399 e. The summed E-state index contributed by atoms with van der Waals surface area (Å²) in [4.78, 5) is -0.255. The SMILES string of the molecule is C=C(N)c1ccc(C2=CCC(Cl)(CC)/C(=C\CC)C2(C)C)cc1. The molecule has 1 aliphatic carbocycles. The van der Waals surface area contributed by atoms with E-state index >= 15 is 0 Å². The Bertz CT molecular complexity index is 649. The molecular formula is C21H28ClN. The highest BCUT2D eigenvalue weighted by Crippen LogP contribution is 2.54. The molecule has 0 fully saturated rings. The third-order valence-electron chi connectivity index (χ3n) is 4.99. The van der Waals surface area contributed by atoms with Crippen molar-refractivity contribution in [3.05, 3.63) is 59.7 Å². The molecule has 0 radical (unpaired) electrons. The van der Waals surface area contributed by atoms with Crippen molar-refractivity contribution in [2.75, 3.05) is 0 Å². The van der Waals surface area contributed by atoms with Crippen molar-refractivity contribution in [1.29, 1.82) is 0 Å². The standard InChI is InChI=1S/C21H28ClN/c1-6-8-19-20(4,5)18(13-14-21(19,22)7-2)17-11-9-16(10-12-17)15(3)23/h8-13H,3,6-7,14,23H2,1-2,4-5H3/b19-8-. The summed E-state index contributed by atoms with van der Waals surface area (Å²) in [5.41, 5.74) is 11.2. The van der Waals surface area contributed by atoms with Gasteiger partial charge in [-0.3, -0.25) is 0 Å². The number of rotatable bonds is 4. The number of hydrogen-bond donors (Lipinski definition) is 1. The van der Waals surface area contributed by atoms with Crippen LogP contribution in [0.2, 0.25) is 0 Å². The van der Waals surface area contributed by atoms with E-state index in [2.05, 4.69) is 58.6 Å². The van der Waals surface area contributed by atoms with Gasteiger partial charge < -0.3 is 5.73 Å². The Hall–Kier alpha value is -1.47. The van der Waals surface area contributed by atoms with Gasteiger partial charge in [0, 0.05) is 11.1 Å². The Morgan fingerprint density at radius 1 is 1.26 bits per heavy atom. The minimum atomic E-state index is -0.255. The van der Waals surface area contributed by atoms with E-state index in [-0.39, 0.29) is 10.3 Å². The Kier molecular flexibility index (Phi) is 5.10. The summed E-state index contributed by atoms with van der Waals surface area (Å²) >= 11 is 6.97. The first-order valence-electron chi connectivity index (χ1n) is 8.42. The molecule has 1 unspecified atom stereocenters. The molecule has 2 rings (SSSR count). The van der Waals surface area contributed by atoms with Gasteiger partial charge in [-0.15, -0.1) is 11.6 Å². The lowest BCUT2D eigenvalue weighted by molar-refractivity contribution is 0.470. The number of hydrogen-bond acceptors (Lipinski definition) is 1. The van der Waals surface area contributed by atoms with Crippen molar-refractivity contribution < 1.29 is 0 Å². The smallest absolute Gasteiger partial charge is 0.0695 e. The topological polar surface area (TPSA) is 26.0 Å². The van der Waals surface area contributed by atoms with E-state index in [9.17, 15) is 0 Å². The second kappa shape index (κ2) is 6.57. The van der Waals surface area contributed by atoms with Crippen molar-refractivity contribution >= 4 is 22.9 Å². The highest BCUT2D eigenvalue weighted by Gasteiger charge is 2.43. The van der Waals surface area contributed by atoms with Crippen molar-refractivity contribution in [1.82, 2.24) is 0 Å². The van der Waals surface area contributed by atoms with Crippen molar-refractivity contribution in [3.63, 3.8) is 0 Å². The lowest BCUT2D eigenvalue weighted by Crippen LogP contribution is -2.36. The maximum absolute atomic E-state index is 6.97. The Labute approximate surface area is 145 Å². The number of benzene rings is 1. The van der Waals surface area contributed by atoms with E-state index in [1.807, 2.05) is 12.1 Å². The summed E-state index contributed by atoms with van der Waals surface area (Å²) in [5, 5.41) is 0. The summed E-state index contributed by atoms with van der Waals surface area (Å²) in [7, 11) is 0. The average molecular weight is 330 g/mol. The van der Waals surface area contributed by atoms with Gasteiger partial charge in [-0.1, -0.05) is 70.7 Å². The second-order valence-corrected chi connectivity index (χ2v) is 7.62. The lowest BCUT2D eigenvalue weighted by Gasteiger charge is -2.44. The zero-order chi connectivity index (χ0) is 17.3. The minimum absolute atomic E-state index is 0.0761. The maximum Gasteiger partial charge on any atom is 0.0695 e. The van der Waals surface area contributed by atoms with Crippen LogP contribution in [-0.2, 0) is 0 Å². The molecule has 0 aromatic heterocycles. The van der Waals surface area contributed by atoms with Crippen LogP contribution in [-0.4, -0.2) is 4.87 Å². The van der Waals surface area contributed by atoms with Gasteiger partial charge in [0.1, 0.15) is 0 Å².